The third-order valence-corrected chi connectivity index (χ3v) is 4.14. The maximum atomic E-state index is 12.2. The number of allylic oxidation sites excluding steroid dienone is 3. The second kappa shape index (κ2) is 8.03. The zero-order valence-electron chi connectivity index (χ0n) is 12.2. The van der Waals surface area contributed by atoms with Gasteiger partial charge in [-0.2, -0.15) is 0 Å². The van der Waals surface area contributed by atoms with Crippen LogP contribution in [0, 0.1) is 0 Å². The molecule has 0 saturated carbocycles. The Labute approximate surface area is 121 Å². The molecule has 3 nitrogen and oxygen atoms in total. The van der Waals surface area contributed by atoms with Crippen molar-refractivity contribution in [2.45, 2.75) is 64.2 Å². The van der Waals surface area contributed by atoms with Crippen molar-refractivity contribution in [3.8, 4) is 0 Å². The number of amides is 1. The van der Waals surface area contributed by atoms with E-state index < -0.39 is 0 Å². The van der Waals surface area contributed by atoms with Gasteiger partial charge in [-0.15, -0.1) is 0 Å². The highest BCUT2D eigenvalue weighted by molar-refractivity contribution is 5.95. The molecular formula is C17H25NO2. The summed E-state index contributed by atoms with van der Waals surface area (Å²) in [7, 11) is 0. The van der Waals surface area contributed by atoms with Gasteiger partial charge in [0.2, 0.25) is 5.91 Å². The van der Waals surface area contributed by atoms with Crippen molar-refractivity contribution in [1.29, 1.82) is 0 Å². The predicted octanol–water partition coefficient (Wildman–Crippen LogP) is 3.45. The molecule has 2 aliphatic rings. The van der Waals surface area contributed by atoms with Crippen LogP contribution in [0.5, 0.6) is 0 Å². The van der Waals surface area contributed by atoms with Gasteiger partial charge in [-0.05, 0) is 50.2 Å². The molecule has 1 aliphatic carbocycles. The lowest BCUT2D eigenvalue weighted by molar-refractivity contribution is -0.118. The molecule has 3 heteroatoms. The first-order chi connectivity index (χ1) is 9.77. The van der Waals surface area contributed by atoms with E-state index in [4.69, 9.17) is 0 Å². The highest BCUT2D eigenvalue weighted by atomic mass is 16.1. The average molecular weight is 275 g/mol. The van der Waals surface area contributed by atoms with Crippen LogP contribution in [0.25, 0.3) is 0 Å². The van der Waals surface area contributed by atoms with E-state index in [1.54, 1.807) is 6.08 Å². The molecule has 2 rings (SSSR count). The number of ketones is 1. The van der Waals surface area contributed by atoms with Crippen molar-refractivity contribution in [2.24, 2.45) is 0 Å². The minimum absolute atomic E-state index is 0.0776. The Morgan fingerprint density at radius 2 is 1.45 bits per heavy atom. The first-order valence-corrected chi connectivity index (χ1v) is 7.98. The number of nitrogens with one attached hydrogen (secondary N) is 1. The highest BCUT2D eigenvalue weighted by Gasteiger charge is 2.17. The molecule has 0 unspecified atom stereocenters. The largest absolute Gasteiger partial charge is 0.352 e. The molecule has 110 valence electrons. The van der Waals surface area contributed by atoms with Crippen LogP contribution in [0.3, 0.4) is 0 Å². The summed E-state index contributed by atoms with van der Waals surface area (Å²) in [4.78, 5) is 24.0. The van der Waals surface area contributed by atoms with Gasteiger partial charge in [-0.25, -0.2) is 0 Å². The molecular weight excluding hydrogens is 250 g/mol. The molecule has 0 fully saturated rings. The first kappa shape index (κ1) is 15.0. The normalized spacial score (nSPS) is 24.6. The molecule has 0 saturated heterocycles. The van der Waals surface area contributed by atoms with Crippen molar-refractivity contribution in [3.05, 3.63) is 23.3 Å². The summed E-state index contributed by atoms with van der Waals surface area (Å²) in [5, 5.41) is 3.03. The molecule has 0 radical (unpaired) electrons. The predicted molar refractivity (Wildman–Crippen MR) is 80.4 cm³/mol. The second-order valence-corrected chi connectivity index (χ2v) is 5.78. The number of rotatable bonds is 0. The average Bonchev–Trinajstić information content (AvgIpc) is 2.47. The summed E-state index contributed by atoms with van der Waals surface area (Å²) >= 11 is 0. The van der Waals surface area contributed by atoms with E-state index in [9.17, 15) is 9.59 Å². The molecule has 20 heavy (non-hydrogen) atoms. The van der Waals surface area contributed by atoms with Gasteiger partial charge < -0.3 is 5.32 Å². The van der Waals surface area contributed by atoms with Crippen LogP contribution in [-0.2, 0) is 9.59 Å². The number of carbonyl (C=O) groups excluding carboxylic acids is 2. The Hall–Kier alpha value is -1.38. The summed E-state index contributed by atoms with van der Waals surface area (Å²) in [5.41, 5.74) is 1.97. The van der Waals surface area contributed by atoms with Gasteiger partial charge in [0, 0.05) is 18.5 Å². The fourth-order valence-electron chi connectivity index (χ4n) is 2.91. The van der Waals surface area contributed by atoms with E-state index in [-0.39, 0.29) is 11.7 Å². The van der Waals surface area contributed by atoms with E-state index in [1.807, 2.05) is 6.08 Å². The van der Waals surface area contributed by atoms with Crippen LogP contribution < -0.4 is 5.32 Å². The molecule has 1 amide bonds. The molecule has 1 aliphatic heterocycles. The van der Waals surface area contributed by atoms with Crippen molar-refractivity contribution in [3.63, 3.8) is 0 Å². The Kier molecular flexibility index (Phi) is 6.03. The van der Waals surface area contributed by atoms with Gasteiger partial charge in [-0.3, -0.25) is 9.59 Å². The lowest BCUT2D eigenvalue weighted by atomic mass is 9.90. The second-order valence-electron chi connectivity index (χ2n) is 5.78. The van der Waals surface area contributed by atoms with Crippen LogP contribution >= 0.6 is 0 Å². The molecule has 0 aromatic rings. The summed E-state index contributed by atoms with van der Waals surface area (Å²) in [6, 6.07) is 0. The van der Waals surface area contributed by atoms with E-state index in [0.29, 0.717) is 6.42 Å². The zero-order chi connectivity index (χ0) is 14.2. The molecule has 0 spiro atoms. The Balaban J connectivity index is 2.12. The van der Waals surface area contributed by atoms with Gasteiger partial charge in [0.1, 0.15) is 0 Å². The van der Waals surface area contributed by atoms with Crippen LogP contribution in [-0.4, -0.2) is 18.2 Å². The van der Waals surface area contributed by atoms with E-state index >= 15 is 0 Å². The van der Waals surface area contributed by atoms with E-state index in [0.717, 1.165) is 75.5 Å². The molecule has 0 aromatic carbocycles. The summed E-state index contributed by atoms with van der Waals surface area (Å²) in [6.45, 7) is 0.776. The summed E-state index contributed by atoms with van der Waals surface area (Å²) in [6.07, 6.45) is 13.6. The van der Waals surface area contributed by atoms with Crippen molar-refractivity contribution >= 4 is 11.7 Å². The third kappa shape index (κ3) is 4.62. The lowest BCUT2D eigenvalue weighted by Gasteiger charge is -2.18. The summed E-state index contributed by atoms with van der Waals surface area (Å²) < 4.78 is 0. The van der Waals surface area contributed by atoms with E-state index in [1.165, 1.54) is 0 Å². The minimum atomic E-state index is 0.0776. The summed E-state index contributed by atoms with van der Waals surface area (Å²) in [5.74, 6) is 0.272. The van der Waals surface area contributed by atoms with Crippen LogP contribution in [0.4, 0.5) is 0 Å². The minimum Gasteiger partial charge on any atom is -0.352 e. The highest BCUT2D eigenvalue weighted by Crippen LogP contribution is 2.26. The Morgan fingerprint density at radius 3 is 2.35 bits per heavy atom. The monoisotopic (exact) mass is 275 g/mol. The van der Waals surface area contributed by atoms with Crippen molar-refractivity contribution in [2.75, 3.05) is 6.54 Å². The van der Waals surface area contributed by atoms with Gasteiger partial charge in [0.15, 0.2) is 5.78 Å². The van der Waals surface area contributed by atoms with Crippen LogP contribution in [0.1, 0.15) is 64.2 Å². The lowest BCUT2D eigenvalue weighted by Crippen LogP contribution is -2.27. The van der Waals surface area contributed by atoms with Crippen molar-refractivity contribution in [1.82, 2.24) is 5.32 Å². The third-order valence-electron chi connectivity index (χ3n) is 4.14. The quantitative estimate of drug-likeness (QED) is 0.736. The van der Waals surface area contributed by atoms with Gasteiger partial charge in [-0.1, -0.05) is 25.3 Å². The topological polar surface area (TPSA) is 46.2 Å². The van der Waals surface area contributed by atoms with Gasteiger partial charge in [0.05, 0.1) is 0 Å². The molecule has 0 atom stereocenters. The zero-order valence-corrected chi connectivity index (χ0v) is 12.2. The molecule has 0 bridgehead atoms. The van der Waals surface area contributed by atoms with Crippen LogP contribution in [0.2, 0.25) is 0 Å². The van der Waals surface area contributed by atoms with Crippen LogP contribution in [0.15, 0.2) is 23.3 Å². The number of carbonyl (C=O) groups is 2. The molecule has 1 heterocycles. The smallest absolute Gasteiger partial charge is 0.247 e. The molecule has 0 aromatic heterocycles. The Bertz CT molecular complexity index is 421. The van der Waals surface area contributed by atoms with E-state index in [2.05, 4.69) is 5.32 Å². The standard InChI is InChI=1S/C17H25NO2/c19-15-9-4-2-1-3-7-13-18-17(20)16-10-6-5-8-14(16)11-12-15/h11-12H,1-10,13H2,(H,18,20)/b12-11+. The molecule has 1 N–H and O–H groups in total. The maximum Gasteiger partial charge on any atom is 0.247 e. The van der Waals surface area contributed by atoms with Gasteiger partial charge in [0.25, 0.3) is 0 Å². The Morgan fingerprint density at radius 1 is 0.750 bits per heavy atom. The number of hydrogen-bond acceptors (Lipinski definition) is 2. The fraction of sp³-hybridized carbons (Fsp3) is 0.647. The van der Waals surface area contributed by atoms with Crippen molar-refractivity contribution < 1.29 is 9.59 Å². The van der Waals surface area contributed by atoms with Gasteiger partial charge >= 0.3 is 0 Å². The SMILES string of the molecule is O=C1/C=C/C2=C(CCCC2)C(=O)NCCCCCCC1. The maximum absolute atomic E-state index is 12.2. The fourth-order valence-corrected chi connectivity index (χ4v) is 2.91. The number of hydrogen-bond donors (Lipinski definition) is 1. The first-order valence-electron chi connectivity index (χ1n) is 7.98.